The summed E-state index contributed by atoms with van der Waals surface area (Å²) in [5.41, 5.74) is 4.29. The van der Waals surface area contributed by atoms with Crippen LogP contribution in [0.3, 0.4) is 0 Å². The lowest BCUT2D eigenvalue weighted by Gasteiger charge is -2.58. The van der Waals surface area contributed by atoms with E-state index in [-0.39, 0.29) is 22.9 Å². The predicted molar refractivity (Wildman–Crippen MR) is 208 cm³/mol. The second-order valence-corrected chi connectivity index (χ2v) is 17.4. The molecule has 6 nitrogen and oxygen atoms in total. The number of likely N-dealkylation sites (tertiary alicyclic amines) is 1. The largest absolute Gasteiger partial charge is 0.493 e. The fourth-order valence-corrected chi connectivity index (χ4v) is 12.0. The molecule has 0 aromatic heterocycles. The van der Waals surface area contributed by atoms with Crippen LogP contribution in [-0.4, -0.2) is 86.6 Å². The summed E-state index contributed by atoms with van der Waals surface area (Å²) in [6, 6.07) is 7.00. The van der Waals surface area contributed by atoms with Crippen molar-refractivity contribution < 1.29 is 28.0 Å². The van der Waals surface area contributed by atoms with Gasteiger partial charge in [0, 0.05) is 38.0 Å². The van der Waals surface area contributed by atoms with Gasteiger partial charge < -0.3 is 23.2 Å². The highest BCUT2D eigenvalue weighted by molar-refractivity contribution is 5.68. The molecule has 1 aromatic rings. The summed E-state index contributed by atoms with van der Waals surface area (Å²) < 4.78 is 20.7. The summed E-state index contributed by atoms with van der Waals surface area (Å²) >= 11 is 0. The zero-order valence-electron chi connectivity index (χ0n) is 32.9. The highest BCUT2D eigenvalue weighted by Gasteiger charge is 2.61. The van der Waals surface area contributed by atoms with Gasteiger partial charge in [0.2, 0.25) is 0 Å². The van der Waals surface area contributed by atoms with E-state index in [9.17, 15) is 4.79 Å². The molecule has 5 aliphatic rings. The van der Waals surface area contributed by atoms with E-state index in [0.29, 0.717) is 24.4 Å². The first-order valence-corrected chi connectivity index (χ1v) is 20.3. The molecule has 1 aliphatic heterocycles. The molecule has 1 aromatic carbocycles. The van der Waals surface area contributed by atoms with Gasteiger partial charge >= 0.3 is 5.97 Å². The Kier molecular flexibility index (Phi) is 11.3. The summed E-state index contributed by atoms with van der Waals surface area (Å²) in [5, 5.41) is 0. The summed E-state index contributed by atoms with van der Waals surface area (Å²) in [6.07, 6.45) is 20.1. The molecule has 0 bridgehead atoms. The number of nitrogens with zero attached hydrogens (tertiary/aromatic N) is 2. The minimum absolute atomic E-state index is 0.0613. The number of rotatable bonds is 14. The second-order valence-electron chi connectivity index (χ2n) is 17.4. The standard InChI is InChI=1S/C45H68N2O4/c1-9-23-46(11-3,12-4)27-28-50-41-18-15-34(30-42(41)49-8)29-35-31-40-38-17-16-36-32-37(47(24-10-2)25-13-14-26-47)19-21-44(36,6)39(38)20-22-45(40,7)43(35)51-33(5)48/h9-10,15-16,18,29-30,37-40,43H,1-2,11-14,17,19-28,31-32H2,3-8H3/q+2/b35-29+/t37-,38+,39-,40-,43-,44-,45-/m0/s1. The first kappa shape index (κ1) is 37.9. The van der Waals surface area contributed by atoms with Crippen molar-refractivity contribution >= 4 is 12.0 Å². The molecule has 0 radical (unpaired) electrons. The van der Waals surface area contributed by atoms with E-state index in [1.54, 1.807) is 19.6 Å². The summed E-state index contributed by atoms with van der Waals surface area (Å²) in [7, 11) is 1.72. The fraction of sp³-hybridized carbons (Fsp3) is 0.667. The number of esters is 1. The van der Waals surface area contributed by atoms with Crippen molar-refractivity contribution in [2.75, 3.05) is 59.5 Å². The van der Waals surface area contributed by atoms with Crippen LogP contribution in [0, 0.1) is 28.6 Å². The number of fused-ring (bicyclic) bond motifs is 5. The Morgan fingerprint density at radius 3 is 2.45 bits per heavy atom. The van der Waals surface area contributed by atoms with Crippen LogP contribution >= 0.6 is 0 Å². The van der Waals surface area contributed by atoms with Gasteiger partial charge in [0.05, 0.1) is 52.4 Å². The Morgan fingerprint density at radius 1 is 1.02 bits per heavy atom. The third-order valence-corrected chi connectivity index (χ3v) is 15.1. The number of likely N-dealkylation sites (N-methyl/N-ethyl adjacent to an activating group) is 1. The zero-order chi connectivity index (χ0) is 36.4. The Hall–Kier alpha value is -2.83. The molecule has 51 heavy (non-hydrogen) atoms. The third kappa shape index (κ3) is 7.01. The van der Waals surface area contributed by atoms with Crippen LogP contribution in [0.1, 0.15) is 98.0 Å². The Labute approximate surface area is 309 Å². The van der Waals surface area contributed by atoms with E-state index < -0.39 is 0 Å². The van der Waals surface area contributed by atoms with Gasteiger partial charge in [-0.3, -0.25) is 4.79 Å². The Bertz CT molecular complexity index is 1500. The van der Waals surface area contributed by atoms with Gasteiger partial charge in [0.25, 0.3) is 0 Å². The fourth-order valence-electron chi connectivity index (χ4n) is 12.0. The van der Waals surface area contributed by atoms with Gasteiger partial charge in [-0.1, -0.05) is 50.8 Å². The van der Waals surface area contributed by atoms with Crippen molar-refractivity contribution in [2.45, 2.75) is 105 Å². The molecule has 0 N–H and O–H groups in total. The lowest BCUT2D eigenvalue weighted by atomic mass is 9.47. The average Bonchev–Trinajstić information content (AvgIpc) is 3.70. The van der Waals surface area contributed by atoms with Crippen molar-refractivity contribution in [3.63, 3.8) is 0 Å². The smallest absolute Gasteiger partial charge is 0.303 e. The van der Waals surface area contributed by atoms with Crippen LogP contribution in [0.4, 0.5) is 0 Å². The molecule has 4 fully saturated rings. The van der Waals surface area contributed by atoms with Gasteiger partial charge in [-0.05, 0) is 105 Å². The SMILES string of the molecule is C=CC[N+](CC)(CC)CCOc1ccc(/C=C2\C[C@H]3[C@@H]4CC=C5C[C@@H]([N+]6(CC=C)CCCC6)CC[C@]5(C)[C@H]4CC[C@]3(C)[C@H]2OC(C)=O)cc1OC. The molecule has 4 aliphatic carbocycles. The Morgan fingerprint density at radius 2 is 1.78 bits per heavy atom. The van der Waals surface area contributed by atoms with Crippen molar-refractivity contribution in [3.05, 3.63) is 66.3 Å². The second kappa shape index (κ2) is 15.3. The third-order valence-electron chi connectivity index (χ3n) is 15.1. The van der Waals surface area contributed by atoms with Gasteiger partial charge in [0.1, 0.15) is 19.3 Å². The van der Waals surface area contributed by atoms with Crippen molar-refractivity contribution in [2.24, 2.45) is 28.6 Å². The van der Waals surface area contributed by atoms with E-state index in [0.717, 1.165) is 79.6 Å². The summed E-state index contributed by atoms with van der Waals surface area (Å²) in [4.78, 5) is 12.6. The van der Waals surface area contributed by atoms with Crippen LogP contribution in [0.5, 0.6) is 11.5 Å². The van der Waals surface area contributed by atoms with E-state index >= 15 is 0 Å². The molecule has 7 atom stereocenters. The monoisotopic (exact) mass is 701 g/mol. The minimum atomic E-state index is -0.200. The molecule has 0 amide bonds. The van der Waals surface area contributed by atoms with Gasteiger partial charge in [-0.2, -0.15) is 0 Å². The van der Waals surface area contributed by atoms with Crippen LogP contribution in [-0.2, 0) is 9.53 Å². The van der Waals surface area contributed by atoms with E-state index in [1.165, 1.54) is 61.7 Å². The average molecular weight is 701 g/mol. The maximum Gasteiger partial charge on any atom is 0.303 e. The molecule has 1 saturated heterocycles. The number of allylic oxidation sites excluding steroid dienone is 1. The molecule has 6 heteroatoms. The van der Waals surface area contributed by atoms with Gasteiger partial charge in [-0.25, -0.2) is 0 Å². The van der Waals surface area contributed by atoms with E-state index in [2.05, 4.69) is 71.2 Å². The van der Waals surface area contributed by atoms with Crippen LogP contribution in [0.25, 0.3) is 6.08 Å². The number of methoxy groups -OCH3 is 1. The predicted octanol–water partition coefficient (Wildman–Crippen LogP) is 9.17. The molecule has 1 heterocycles. The lowest BCUT2D eigenvalue weighted by Crippen LogP contribution is -2.58. The highest BCUT2D eigenvalue weighted by atomic mass is 16.5. The number of quaternary nitrogens is 2. The first-order chi connectivity index (χ1) is 24.5. The summed E-state index contributed by atoms with van der Waals surface area (Å²) in [6.45, 7) is 27.6. The Balaban J connectivity index is 1.22. The number of hydrogen-bond donors (Lipinski definition) is 0. The molecular formula is C45H68N2O4+2. The molecular weight excluding hydrogens is 633 g/mol. The maximum absolute atomic E-state index is 12.6. The molecule has 0 unspecified atom stereocenters. The maximum atomic E-state index is 12.6. The topological polar surface area (TPSA) is 44.8 Å². The summed E-state index contributed by atoms with van der Waals surface area (Å²) in [5.74, 6) is 3.13. The van der Waals surface area contributed by atoms with E-state index in [4.69, 9.17) is 14.2 Å². The van der Waals surface area contributed by atoms with Crippen LogP contribution < -0.4 is 9.47 Å². The normalized spacial score (nSPS) is 33.4. The highest BCUT2D eigenvalue weighted by Crippen LogP contribution is 2.66. The van der Waals surface area contributed by atoms with Crippen LogP contribution in [0.2, 0.25) is 0 Å². The van der Waals surface area contributed by atoms with Gasteiger partial charge in [-0.15, -0.1) is 0 Å². The quantitative estimate of drug-likeness (QED) is 0.110. The minimum Gasteiger partial charge on any atom is -0.493 e. The van der Waals surface area contributed by atoms with Crippen LogP contribution in [0.15, 0.2) is 60.7 Å². The van der Waals surface area contributed by atoms with Crippen molar-refractivity contribution in [3.8, 4) is 11.5 Å². The van der Waals surface area contributed by atoms with E-state index in [1.807, 2.05) is 12.1 Å². The zero-order valence-corrected chi connectivity index (χ0v) is 32.9. The number of carbonyl (C=O) groups is 1. The number of ether oxygens (including phenoxy) is 3. The number of hydrogen-bond acceptors (Lipinski definition) is 4. The first-order valence-electron chi connectivity index (χ1n) is 20.3. The molecule has 280 valence electrons. The van der Waals surface area contributed by atoms with Crippen molar-refractivity contribution in [1.29, 1.82) is 0 Å². The number of carbonyl (C=O) groups excluding carboxylic acids is 1. The molecule has 3 saturated carbocycles. The molecule has 0 spiro atoms. The number of benzene rings is 1. The lowest BCUT2D eigenvalue weighted by molar-refractivity contribution is -0.936. The van der Waals surface area contributed by atoms with Gasteiger partial charge in [0.15, 0.2) is 11.5 Å². The van der Waals surface area contributed by atoms with Crippen molar-refractivity contribution in [1.82, 2.24) is 0 Å². The molecule has 6 rings (SSSR count).